The van der Waals surface area contributed by atoms with Crippen LogP contribution < -0.4 is 14.8 Å². The maximum Gasteiger partial charge on any atom is 0.271 e. The summed E-state index contributed by atoms with van der Waals surface area (Å²) >= 11 is 6.02. The number of nitrogens with zero attached hydrogens (tertiary/aromatic N) is 2. The van der Waals surface area contributed by atoms with Gasteiger partial charge < -0.3 is 14.8 Å². The number of amides is 1. The zero-order chi connectivity index (χ0) is 19.1. The quantitative estimate of drug-likeness (QED) is 0.586. The van der Waals surface area contributed by atoms with Gasteiger partial charge in [0.1, 0.15) is 0 Å². The topological polar surface area (TPSA) is 65.4 Å². The summed E-state index contributed by atoms with van der Waals surface area (Å²) in [6.07, 6.45) is 0.599. The molecule has 2 aromatic carbocycles. The van der Waals surface area contributed by atoms with Gasteiger partial charge in [-0.3, -0.25) is 4.79 Å². The Balaban J connectivity index is 1.97. The predicted molar refractivity (Wildman–Crippen MR) is 103 cm³/mol. The van der Waals surface area contributed by atoms with Crippen molar-refractivity contribution in [1.82, 2.24) is 15.1 Å². The maximum absolute atomic E-state index is 12.4. The van der Waals surface area contributed by atoms with Crippen molar-refractivity contribution in [3.05, 3.63) is 58.2 Å². The Hall–Kier alpha value is -2.99. The average Bonchev–Trinajstić information content (AvgIpc) is 3.23. The summed E-state index contributed by atoms with van der Waals surface area (Å²) in [5.74, 6) is 1.08. The molecule has 4 rings (SSSR count). The van der Waals surface area contributed by atoms with E-state index in [1.54, 1.807) is 38.1 Å². The molecule has 0 radical (unpaired) electrons. The predicted octanol–water partition coefficient (Wildman–Crippen LogP) is 3.47. The molecule has 1 amide bonds. The van der Waals surface area contributed by atoms with E-state index >= 15 is 0 Å². The number of halogens is 1. The van der Waals surface area contributed by atoms with Gasteiger partial charge in [-0.25, -0.2) is 4.68 Å². The van der Waals surface area contributed by atoms with Crippen molar-refractivity contribution in [2.24, 2.45) is 0 Å². The molecule has 1 heterocycles. The molecule has 0 fully saturated rings. The van der Waals surface area contributed by atoms with E-state index in [0.29, 0.717) is 28.6 Å². The van der Waals surface area contributed by atoms with Gasteiger partial charge in [0, 0.05) is 29.6 Å². The molecule has 1 aliphatic rings. The first-order valence-corrected chi connectivity index (χ1v) is 8.80. The molecule has 27 heavy (non-hydrogen) atoms. The van der Waals surface area contributed by atoms with Crippen LogP contribution in [0.1, 0.15) is 21.6 Å². The standard InChI is InChI=1S/C20H18ClN3O3/c1-22-20(25)18-15-8-11-9-16(26-2)17(27-3)10-14(11)19(15)24(23-18)13-6-4-12(21)5-7-13/h4-7,9-10H,8H2,1-3H3,(H,22,25). The minimum absolute atomic E-state index is 0.217. The number of methoxy groups -OCH3 is 2. The van der Waals surface area contributed by atoms with E-state index in [1.165, 1.54) is 0 Å². The molecule has 0 aliphatic heterocycles. The number of carbonyl (C=O) groups is 1. The highest BCUT2D eigenvalue weighted by molar-refractivity contribution is 6.30. The van der Waals surface area contributed by atoms with E-state index in [1.807, 2.05) is 24.3 Å². The first kappa shape index (κ1) is 17.4. The molecule has 3 aromatic rings. The number of rotatable bonds is 4. The van der Waals surface area contributed by atoms with Gasteiger partial charge in [0.25, 0.3) is 5.91 Å². The van der Waals surface area contributed by atoms with Gasteiger partial charge in [-0.05, 0) is 42.0 Å². The summed E-state index contributed by atoms with van der Waals surface area (Å²) in [5.41, 5.74) is 5.04. The average molecular weight is 384 g/mol. The number of ether oxygens (including phenoxy) is 2. The van der Waals surface area contributed by atoms with Gasteiger partial charge >= 0.3 is 0 Å². The lowest BCUT2D eigenvalue weighted by molar-refractivity contribution is 0.0957. The van der Waals surface area contributed by atoms with Gasteiger partial charge in [0.15, 0.2) is 17.2 Å². The Morgan fingerprint density at radius 3 is 2.44 bits per heavy atom. The SMILES string of the molecule is CNC(=O)c1nn(-c2ccc(Cl)cc2)c2c1Cc1cc(OC)c(OC)cc1-2. The van der Waals surface area contributed by atoms with Crippen LogP contribution in [0.2, 0.25) is 5.02 Å². The molecule has 0 spiro atoms. The molecule has 7 heteroatoms. The Morgan fingerprint density at radius 1 is 1.15 bits per heavy atom. The van der Waals surface area contributed by atoms with Crippen molar-refractivity contribution in [2.75, 3.05) is 21.3 Å². The number of nitrogens with one attached hydrogen (secondary N) is 1. The maximum atomic E-state index is 12.4. The lowest BCUT2D eigenvalue weighted by Gasteiger charge is -2.12. The highest BCUT2D eigenvalue weighted by Crippen LogP contribution is 2.44. The van der Waals surface area contributed by atoms with Crippen LogP contribution in [0, 0.1) is 0 Å². The van der Waals surface area contributed by atoms with Crippen molar-refractivity contribution in [1.29, 1.82) is 0 Å². The summed E-state index contributed by atoms with van der Waals surface area (Å²) in [6.45, 7) is 0. The number of aromatic nitrogens is 2. The molecule has 1 aliphatic carbocycles. The number of hydrogen-bond donors (Lipinski definition) is 1. The molecular formula is C20H18ClN3O3. The Bertz CT molecular complexity index is 1040. The molecule has 0 unspecified atom stereocenters. The summed E-state index contributed by atoms with van der Waals surface area (Å²) in [5, 5.41) is 7.90. The normalized spacial score (nSPS) is 11.7. The third-order valence-corrected chi connectivity index (χ3v) is 4.98. The lowest BCUT2D eigenvalue weighted by Crippen LogP contribution is -2.20. The zero-order valence-electron chi connectivity index (χ0n) is 15.2. The van der Waals surface area contributed by atoms with E-state index in [2.05, 4.69) is 10.4 Å². The minimum atomic E-state index is -0.217. The fourth-order valence-electron chi connectivity index (χ4n) is 3.44. The summed E-state index contributed by atoms with van der Waals surface area (Å²) < 4.78 is 12.7. The van der Waals surface area contributed by atoms with Crippen LogP contribution in [0.15, 0.2) is 36.4 Å². The molecule has 1 aromatic heterocycles. The number of fused-ring (bicyclic) bond motifs is 3. The van der Waals surface area contributed by atoms with E-state index in [4.69, 9.17) is 21.1 Å². The molecular weight excluding hydrogens is 366 g/mol. The number of hydrogen-bond acceptors (Lipinski definition) is 4. The summed E-state index contributed by atoms with van der Waals surface area (Å²) in [4.78, 5) is 12.4. The third-order valence-electron chi connectivity index (χ3n) is 4.73. The van der Waals surface area contributed by atoms with Crippen LogP contribution in [0.5, 0.6) is 11.5 Å². The van der Waals surface area contributed by atoms with Crippen molar-refractivity contribution < 1.29 is 14.3 Å². The Labute approximate surface area is 161 Å². The van der Waals surface area contributed by atoms with Gasteiger partial charge in [0.05, 0.1) is 25.6 Å². The molecule has 138 valence electrons. The fourth-order valence-corrected chi connectivity index (χ4v) is 3.57. The summed E-state index contributed by atoms with van der Waals surface area (Å²) in [7, 11) is 4.81. The molecule has 0 bridgehead atoms. The van der Waals surface area contributed by atoms with Crippen molar-refractivity contribution >= 4 is 17.5 Å². The molecule has 0 atom stereocenters. The largest absolute Gasteiger partial charge is 0.493 e. The molecule has 1 N–H and O–H groups in total. The van der Waals surface area contributed by atoms with Crippen LogP contribution in [0.4, 0.5) is 0 Å². The highest BCUT2D eigenvalue weighted by Gasteiger charge is 2.32. The zero-order valence-corrected chi connectivity index (χ0v) is 15.9. The monoisotopic (exact) mass is 383 g/mol. The fraction of sp³-hybridized carbons (Fsp3) is 0.200. The van der Waals surface area contributed by atoms with Crippen LogP contribution in [0.3, 0.4) is 0 Å². The highest BCUT2D eigenvalue weighted by atomic mass is 35.5. The van der Waals surface area contributed by atoms with Crippen molar-refractivity contribution in [3.63, 3.8) is 0 Å². The third kappa shape index (κ3) is 2.73. The van der Waals surface area contributed by atoms with E-state index in [9.17, 15) is 4.79 Å². The van der Waals surface area contributed by atoms with E-state index < -0.39 is 0 Å². The van der Waals surface area contributed by atoms with Gasteiger partial charge in [-0.1, -0.05) is 11.6 Å². The van der Waals surface area contributed by atoms with Gasteiger partial charge in [-0.2, -0.15) is 5.10 Å². The smallest absolute Gasteiger partial charge is 0.271 e. The van der Waals surface area contributed by atoms with E-state index in [0.717, 1.165) is 28.1 Å². The second-order valence-corrected chi connectivity index (χ2v) is 6.62. The summed E-state index contributed by atoms with van der Waals surface area (Å²) in [6, 6.07) is 11.2. The Morgan fingerprint density at radius 2 is 1.81 bits per heavy atom. The van der Waals surface area contributed by atoms with E-state index in [-0.39, 0.29) is 5.91 Å². The second-order valence-electron chi connectivity index (χ2n) is 6.18. The van der Waals surface area contributed by atoms with Crippen LogP contribution in [-0.2, 0) is 6.42 Å². The van der Waals surface area contributed by atoms with Gasteiger partial charge in [0.2, 0.25) is 0 Å². The van der Waals surface area contributed by atoms with Crippen LogP contribution in [-0.4, -0.2) is 37.0 Å². The first-order chi connectivity index (χ1) is 13.1. The number of benzene rings is 2. The molecule has 6 nitrogen and oxygen atoms in total. The van der Waals surface area contributed by atoms with Gasteiger partial charge in [-0.15, -0.1) is 0 Å². The first-order valence-electron chi connectivity index (χ1n) is 8.42. The second kappa shape index (κ2) is 6.63. The molecule has 0 saturated carbocycles. The van der Waals surface area contributed by atoms with Crippen molar-refractivity contribution in [3.8, 4) is 28.4 Å². The van der Waals surface area contributed by atoms with Crippen molar-refractivity contribution in [2.45, 2.75) is 6.42 Å². The number of carbonyl (C=O) groups excluding carboxylic acids is 1. The Kier molecular flexibility index (Phi) is 4.28. The lowest BCUT2D eigenvalue weighted by atomic mass is 10.1. The molecule has 0 saturated heterocycles. The van der Waals surface area contributed by atoms with Crippen LogP contribution >= 0.6 is 11.6 Å². The van der Waals surface area contributed by atoms with Crippen LogP contribution in [0.25, 0.3) is 16.9 Å². The minimum Gasteiger partial charge on any atom is -0.493 e.